The summed E-state index contributed by atoms with van der Waals surface area (Å²) in [6, 6.07) is 25.7. The molecule has 7 heteroatoms. The van der Waals surface area contributed by atoms with E-state index < -0.39 is 0 Å². The highest BCUT2D eigenvalue weighted by molar-refractivity contribution is 8.08. The average Bonchev–Trinajstić information content (AvgIpc) is 3.20. The van der Waals surface area contributed by atoms with Crippen LogP contribution in [0.3, 0.4) is 0 Å². The molecule has 0 aliphatic carbocycles. The highest BCUT2D eigenvalue weighted by atomic mass is 32.2. The van der Waals surface area contributed by atoms with Crippen LogP contribution < -0.4 is 16.1 Å². The molecule has 5 rings (SSSR count). The number of fused-ring (bicyclic) bond motifs is 1. The fourth-order valence-electron chi connectivity index (χ4n) is 3.91. The number of rotatable bonds is 5. The largest absolute Gasteiger partial charge is 0.354 e. The van der Waals surface area contributed by atoms with E-state index in [1.807, 2.05) is 78.9 Å². The van der Waals surface area contributed by atoms with Gasteiger partial charge in [0.2, 0.25) is 5.91 Å². The van der Waals surface area contributed by atoms with Gasteiger partial charge in [-0.3, -0.25) is 9.59 Å². The minimum atomic E-state index is -0.215. The average molecular weight is 467 g/mol. The Hall–Kier alpha value is -4.10. The molecule has 2 aliphatic heterocycles. The Kier molecular flexibility index (Phi) is 6.01. The first-order valence-corrected chi connectivity index (χ1v) is 11.7. The Balaban J connectivity index is 1.50. The van der Waals surface area contributed by atoms with Gasteiger partial charge in [0.05, 0.1) is 17.0 Å². The highest BCUT2D eigenvalue weighted by Crippen LogP contribution is 2.42. The Labute approximate surface area is 201 Å². The zero-order chi connectivity index (χ0) is 23.5. The predicted molar refractivity (Wildman–Crippen MR) is 137 cm³/mol. The zero-order valence-corrected chi connectivity index (χ0v) is 19.3. The van der Waals surface area contributed by atoms with Crippen LogP contribution in [-0.2, 0) is 16.0 Å². The fourth-order valence-corrected chi connectivity index (χ4v) is 4.90. The van der Waals surface area contributed by atoms with E-state index in [2.05, 4.69) is 27.2 Å². The quantitative estimate of drug-likeness (QED) is 0.452. The van der Waals surface area contributed by atoms with Crippen molar-refractivity contribution in [2.75, 3.05) is 10.6 Å². The van der Waals surface area contributed by atoms with Gasteiger partial charge in [-0.05, 0) is 42.0 Å². The lowest BCUT2D eigenvalue weighted by molar-refractivity contribution is -0.116. The van der Waals surface area contributed by atoms with Crippen molar-refractivity contribution in [2.45, 2.75) is 18.2 Å². The second kappa shape index (κ2) is 9.41. The summed E-state index contributed by atoms with van der Waals surface area (Å²) in [6.07, 6.45) is 2.57. The summed E-state index contributed by atoms with van der Waals surface area (Å²) in [5.74, 6) is -0.317. The van der Waals surface area contributed by atoms with Crippen molar-refractivity contribution in [3.8, 4) is 0 Å². The summed E-state index contributed by atoms with van der Waals surface area (Å²) in [5, 5.41) is 10.5. The molecule has 0 radical (unpaired) electrons. The molecule has 0 atom stereocenters. The molecule has 3 aromatic rings. The topological polar surface area (TPSA) is 82.6 Å². The first-order chi connectivity index (χ1) is 16.6. The maximum Gasteiger partial charge on any atom is 0.275 e. The molecule has 0 saturated carbocycles. The van der Waals surface area contributed by atoms with Crippen molar-refractivity contribution in [1.29, 1.82) is 0 Å². The molecule has 0 fully saturated rings. The Morgan fingerprint density at radius 2 is 1.71 bits per heavy atom. The second-order valence-electron chi connectivity index (χ2n) is 7.94. The minimum Gasteiger partial charge on any atom is -0.354 e. The number of para-hydroxylation sites is 1. The third-order valence-electron chi connectivity index (χ3n) is 5.43. The van der Waals surface area contributed by atoms with Crippen molar-refractivity contribution in [3.63, 3.8) is 0 Å². The first-order valence-electron chi connectivity index (χ1n) is 10.9. The molecule has 168 valence electrons. The molecule has 0 bridgehead atoms. The number of thioether (sulfide) groups is 1. The summed E-state index contributed by atoms with van der Waals surface area (Å²) in [5.41, 5.74) is 8.44. The molecule has 2 amide bonds. The number of hydrogen-bond acceptors (Lipinski definition) is 5. The Morgan fingerprint density at radius 3 is 2.47 bits per heavy atom. The highest BCUT2D eigenvalue weighted by Gasteiger charge is 2.28. The van der Waals surface area contributed by atoms with Crippen LogP contribution in [-0.4, -0.2) is 17.5 Å². The van der Waals surface area contributed by atoms with Gasteiger partial charge < -0.3 is 10.6 Å². The maximum absolute atomic E-state index is 12.8. The second-order valence-corrected chi connectivity index (χ2v) is 9.05. The van der Waals surface area contributed by atoms with Gasteiger partial charge in [0.25, 0.3) is 5.91 Å². The van der Waals surface area contributed by atoms with Crippen molar-refractivity contribution >= 4 is 45.6 Å². The molecule has 3 N–H and O–H groups in total. The number of nitrogens with zero attached hydrogens (tertiary/aromatic N) is 1. The van der Waals surface area contributed by atoms with Gasteiger partial charge in [-0.1, -0.05) is 60.3 Å². The Morgan fingerprint density at radius 1 is 0.971 bits per heavy atom. The number of benzene rings is 3. The lowest BCUT2D eigenvalue weighted by Crippen LogP contribution is -2.20. The molecule has 0 spiro atoms. The smallest absolute Gasteiger partial charge is 0.275 e. The van der Waals surface area contributed by atoms with Crippen LogP contribution in [0.2, 0.25) is 0 Å². The molecule has 0 aromatic heterocycles. The zero-order valence-electron chi connectivity index (χ0n) is 18.5. The van der Waals surface area contributed by atoms with E-state index in [4.69, 9.17) is 0 Å². The molecule has 0 unspecified atom stereocenters. The number of hydrazone groups is 1. The third kappa shape index (κ3) is 4.65. The molecule has 34 heavy (non-hydrogen) atoms. The van der Waals surface area contributed by atoms with Gasteiger partial charge >= 0.3 is 0 Å². The lowest BCUT2D eigenvalue weighted by Gasteiger charge is -2.22. The van der Waals surface area contributed by atoms with Gasteiger partial charge in [0, 0.05) is 40.1 Å². The first kappa shape index (κ1) is 21.7. The maximum atomic E-state index is 12.8. The van der Waals surface area contributed by atoms with E-state index in [1.54, 1.807) is 11.8 Å². The SMILES string of the molecule is CC(=O)Nc1ccc(SC2=CC(=C3C(=O)NN=C3Cc3ccccc3)Nc3ccccc32)cc1. The van der Waals surface area contributed by atoms with E-state index in [-0.39, 0.29) is 11.8 Å². The number of carbonyl (C=O) groups is 2. The van der Waals surface area contributed by atoms with E-state index in [9.17, 15) is 9.59 Å². The molecule has 3 aromatic carbocycles. The molecule has 0 saturated heterocycles. The van der Waals surface area contributed by atoms with Crippen molar-refractivity contribution in [2.24, 2.45) is 5.10 Å². The van der Waals surface area contributed by atoms with Crippen molar-refractivity contribution < 1.29 is 9.59 Å². The van der Waals surface area contributed by atoms with Crippen LogP contribution in [0.5, 0.6) is 0 Å². The predicted octanol–water partition coefficient (Wildman–Crippen LogP) is 5.19. The van der Waals surface area contributed by atoms with E-state index in [1.165, 1.54) is 6.92 Å². The normalized spacial score (nSPS) is 16.7. The molecule has 6 nitrogen and oxygen atoms in total. The van der Waals surface area contributed by atoms with Gasteiger partial charge in [-0.25, -0.2) is 5.43 Å². The number of anilines is 2. The van der Waals surface area contributed by atoms with Crippen LogP contribution in [0, 0.1) is 0 Å². The van der Waals surface area contributed by atoms with E-state index in [0.717, 1.165) is 38.0 Å². The van der Waals surface area contributed by atoms with E-state index >= 15 is 0 Å². The third-order valence-corrected chi connectivity index (χ3v) is 6.50. The van der Waals surface area contributed by atoms with Crippen molar-refractivity contribution in [1.82, 2.24) is 5.43 Å². The molecule has 2 heterocycles. The number of amides is 2. The van der Waals surface area contributed by atoms with Gasteiger partial charge in [-0.2, -0.15) is 5.10 Å². The van der Waals surface area contributed by atoms with Crippen LogP contribution >= 0.6 is 11.8 Å². The number of hydrogen-bond donors (Lipinski definition) is 3. The fraction of sp³-hybridized carbons (Fsp3) is 0.0741. The minimum absolute atomic E-state index is 0.102. The summed E-state index contributed by atoms with van der Waals surface area (Å²) >= 11 is 1.61. The Bertz CT molecular complexity index is 1360. The van der Waals surface area contributed by atoms with Crippen LogP contribution in [0.25, 0.3) is 4.91 Å². The summed E-state index contributed by atoms with van der Waals surface area (Å²) in [7, 11) is 0. The van der Waals surface area contributed by atoms with Crippen molar-refractivity contribution in [3.05, 3.63) is 107 Å². The standard InChI is InChI=1S/C27H22N4O2S/c1-17(32)28-19-11-13-20(14-12-19)34-25-16-23(29-22-10-6-5-9-21(22)25)26-24(30-31-27(26)33)15-18-7-3-2-4-8-18/h2-14,16,29H,15H2,1H3,(H,28,32)(H,31,33). The van der Waals surface area contributed by atoms with E-state index in [0.29, 0.717) is 17.7 Å². The summed E-state index contributed by atoms with van der Waals surface area (Å²) < 4.78 is 0. The number of nitrogens with one attached hydrogen (secondary N) is 3. The molecular weight excluding hydrogens is 444 g/mol. The van der Waals surface area contributed by atoms with Gasteiger partial charge in [0.1, 0.15) is 0 Å². The summed E-state index contributed by atoms with van der Waals surface area (Å²) in [6.45, 7) is 1.49. The molecular formula is C27H22N4O2S. The number of carbonyl (C=O) groups excluding carboxylic acids is 2. The van der Waals surface area contributed by atoms with Crippen LogP contribution in [0.15, 0.2) is 106 Å². The van der Waals surface area contributed by atoms with Gasteiger partial charge in [-0.15, -0.1) is 0 Å². The molecule has 2 aliphatic rings. The van der Waals surface area contributed by atoms with Crippen LogP contribution in [0.4, 0.5) is 11.4 Å². The monoisotopic (exact) mass is 466 g/mol. The summed E-state index contributed by atoms with van der Waals surface area (Å²) in [4.78, 5) is 26.1. The lowest BCUT2D eigenvalue weighted by atomic mass is 9.98. The van der Waals surface area contributed by atoms with Crippen LogP contribution in [0.1, 0.15) is 18.1 Å². The van der Waals surface area contributed by atoms with Gasteiger partial charge in [0.15, 0.2) is 0 Å². The number of allylic oxidation sites excluding steroid dienone is 1.